The minimum atomic E-state index is -1.06. The summed E-state index contributed by atoms with van der Waals surface area (Å²) >= 11 is 0. The van der Waals surface area contributed by atoms with Gasteiger partial charge in [0.05, 0.1) is 12.2 Å². The minimum Gasteiger partial charge on any atom is -0.481 e. The van der Waals surface area contributed by atoms with Gasteiger partial charge in [-0.15, -0.1) is 0 Å². The van der Waals surface area contributed by atoms with Crippen LogP contribution in [0.5, 0.6) is 0 Å². The fourth-order valence-corrected chi connectivity index (χ4v) is 4.32. The number of pyridine rings is 1. The molecule has 1 aromatic heterocycles. The maximum atomic E-state index is 12.7. The number of alkyl carbamates (subject to hydrolysis) is 1. The quantitative estimate of drug-likeness (QED) is 0.435. The van der Waals surface area contributed by atoms with Crippen LogP contribution in [0.15, 0.2) is 66.7 Å². The number of carbonyl (C=O) groups excluding carboxylic acids is 2. The van der Waals surface area contributed by atoms with Gasteiger partial charge in [-0.3, -0.25) is 14.6 Å². The Kier molecular flexibility index (Phi) is 7.40. The summed E-state index contributed by atoms with van der Waals surface area (Å²) in [6.07, 6.45) is -1.11. The summed E-state index contributed by atoms with van der Waals surface area (Å²) in [7, 11) is 0. The standard InChI is InChI=1S/C27H27N3O5/c1-17-7-6-8-18(29-17)15-28-26(33)24(13-14-25(31)32)30-27(34)35-16-23-21-11-4-2-9-19(21)20-10-3-5-12-22(20)23/h2-12,23-24H,13-16H2,1H3,(H,28,33)(H,30,34)(H,31,32). The molecule has 0 spiro atoms. The van der Waals surface area contributed by atoms with E-state index in [2.05, 4.69) is 15.6 Å². The van der Waals surface area contributed by atoms with Crippen LogP contribution in [-0.4, -0.2) is 40.7 Å². The molecule has 180 valence electrons. The average molecular weight is 474 g/mol. The van der Waals surface area contributed by atoms with E-state index in [0.29, 0.717) is 5.69 Å². The number of nitrogens with zero attached hydrogens (tertiary/aromatic N) is 1. The van der Waals surface area contributed by atoms with Crippen molar-refractivity contribution in [2.24, 2.45) is 0 Å². The number of carboxylic acids is 1. The SMILES string of the molecule is Cc1cccc(CNC(=O)C(CCC(=O)O)NC(=O)OCC2c3ccccc3-c3ccccc32)n1. The van der Waals surface area contributed by atoms with E-state index in [0.717, 1.165) is 27.9 Å². The Bertz CT molecular complexity index is 1200. The molecule has 2 amide bonds. The van der Waals surface area contributed by atoms with Gasteiger partial charge < -0.3 is 20.5 Å². The van der Waals surface area contributed by atoms with Crippen LogP contribution in [0.2, 0.25) is 0 Å². The lowest BCUT2D eigenvalue weighted by molar-refractivity contribution is -0.137. The van der Waals surface area contributed by atoms with Gasteiger partial charge in [-0.05, 0) is 47.7 Å². The van der Waals surface area contributed by atoms with E-state index in [9.17, 15) is 14.4 Å². The largest absolute Gasteiger partial charge is 0.481 e. The van der Waals surface area contributed by atoms with Crippen molar-refractivity contribution in [2.75, 3.05) is 6.61 Å². The summed E-state index contributed by atoms with van der Waals surface area (Å²) in [5.41, 5.74) is 5.85. The molecular weight excluding hydrogens is 446 g/mol. The topological polar surface area (TPSA) is 118 Å². The lowest BCUT2D eigenvalue weighted by Gasteiger charge is -2.19. The third kappa shape index (κ3) is 5.84. The lowest BCUT2D eigenvalue weighted by Crippen LogP contribution is -2.47. The van der Waals surface area contributed by atoms with Crippen LogP contribution in [0.1, 0.15) is 41.3 Å². The molecule has 8 nitrogen and oxygen atoms in total. The Balaban J connectivity index is 1.39. The zero-order chi connectivity index (χ0) is 24.8. The van der Waals surface area contributed by atoms with Crippen molar-refractivity contribution in [3.63, 3.8) is 0 Å². The number of rotatable bonds is 9. The second-order valence-electron chi connectivity index (χ2n) is 8.44. The van der Waals surface area contributed by atoms with Crippen molar-refractivity contribution in [3.05, 3.63) is 89.2 Å². The molecule has 8 heteroatoms. The molecule has 1 atom stereocenters. The summed E-state index contributed by atoms with van der Waals surface area (Å²) in [4.78, 5) is 40.8. The highest BCUT2D eigenvalue weighted by molar-refractivity contribution is 5.86. The lowest BCUT2D eigenvalue weighted by atomic mass is 9.98. The Morgan fingerprint density at radius 1 is 0.971 bits per heavy atom. The van der Waals surface area contributed by atoms with Crippen LogP contribution < -0.4 is 10.6 Å². The monoisotopic (exact) mass is 473 g/mol. The number of hydrogen-bond acceptors (Lipinski definition) is 5. The number of aliphatic carboxylic acids is 1. The smallest absolute Gasteiger partial charge is 0.407 e. The second kappa shape index (κ2) is 10.8. The second-order valence-corrected chi connectivity index (χ2v) is 8.44. The summed E-state index contributed by atoms with van der Waals surface area (Å²) in [6.45, 7) is 2.11. The van der Waals surface area contributed by atoms with Gasteiger partial charge in [-0.2, -0.15) is 0 Å². The maximum Gasteiger partial charge on any atom is 0.407 e. The van der Waals surface area contributed by atoms with Crippen molar-refractivity contribution < 1.29 is 24.2 Å². The molecule has 0 saturated heterocycles. The van der Waals surface area contributed by atoms with Crippen LogP contribution in [0.25, 0.3) is 11.1 Å². The van der Waals surface area contributed by atoms with E-state index >= 15 is 0 Å². The van der Waals surface area contributed by atoms with Gasteiger partial charge in [0.15, 0.2) is 0 Å². The molecule has 0 bridgehead atoms. The number of ether oxygens (including phenoxy) is 1. The molecule has 3 N–H and O–H groups in total. The third-order valence-corrected chi connectivity index (χ3v) is 5.99. The van der Waals surface area contributed by atoms with E-state index in [-0.39, 0.29) is 31.9 Å². The van der Waals surface area contributed by atoms with Crippen molar-refractivity contribution in [1.82, 2.24) is 15.6 Å². The first kappa shape index (κ1) is 23.9. The molecular formula is C27H27N3O5. The molecule has 3 aromatic rings. The van der Waals surface area contributed by atoms with Crippen molar-refractivity contribution in [2.45, 2.75) is 38.3 Å². The maximum absolute atomic E-state index is 12.7. The Hall–Kier alpha value is -4.20. The van der Waals surface area contributed by atoms with Gasteiger partial charge in [0, 0.05) is 18.0 Å². The van der Waals surface area contributed by atoms with Gasteiger partial charge in [0.1, 0.15) is 12.6 Å². The number of aryl methyl sites for hydroxylation is 1. The molecule has 4 rings (SSSR count). The Labute approximate surface area is 203 Å². The normalized spacial score (nSPS) is 12.8. The summed E-state index contributed by atoms with van der Waals surface area (Å²) in [6, 6.07) is 20.4. The highest BCUT2D eigenvalue weighted by Gasteiger charge is 2.30. The number of carbonyl (C=O) groups is 3. The zero-order valence-corrected chi connectivity index (χ0v) is 19.4. The van der Waals surface area contributed by atoms with E-state index in [1.54, 1.807) is 6.07 Å². The van der Waals surface area contributed by atoms with Crippen LogP contribution >= 0.6 is 0 Å². The van der Waals surface area contributed by atoms with Gasteiger partial charge >= 0.3 is 12.1 Å². The van der Waals surface area contributed by atoms with Crippen LogP contribution in [0, 0.1) is 6.92 Å². The van der Waals surface area contributed by atoms with Gasteiger partial charge in [-0.1, -0.05) is 54.6 Å². The molecule has 0 fully saturated rings. The predicted molar refractivity (Wildman–Crippen MR) is 130 cm³/mol. The highest BCUT2D eigenvalue weighted by Crippen LogP contribution is 2.44. The summed E-state index contributed by atoms with van der Waals surface area (Å²) in [5, 5.41) is 14.3. The number of hydrogen-bond donors (Lipinski definition) is 3. The zero-order valence-electron chi connectivity index (χ0n) is 19.4. The first-order chi connectivity index (χ1) is 16.9. The van der Waals surface area contributed by atoms with Crippen molar-refractivity contribution in [3.8, 4) is 11.1 Å². The fraction of sp³-hybridized carbons (Fsp3) is 0.259. The molecule has 2 aromatic carbocycles. The third-order valence-electron chi connectivity index (χ3n) is 5.99. The highest BCUT2D eigenvalue weighted by atomic mass is 16.5. The van der Waals surface area contributed by atoms with E-state index in [4.69, 9.17) is 9.84 Å². The van der Waals surface area contributed by atoms with Crippen LogP contribution in [-0.2, 0) is 20.9 Å². The number of carboxylic acid groups (broad SMARTS) is 1. The number of fused-ring (bicyclic) bond motifs is 3. The van der Waals surface area contributed by atoms with Crippen LogP contribution in [0.4, 0.5) is 4.79 Å². The number of benzene rings is 2. The molecule has 1 heterocycles. The van der Waals surface area contributed by atoms with Crippen LogP contribution in [0.3, 0.4) is 0 Å². The van der Waals surface area contributed by atoms with E-state index in [1.165, 1.54) is 0 Å². The van der Waals surface area contributed by atoms with Crippen molar-refractivity contribution >= 4 is 18.0 Å². The number of amides is 2. The Morgan fingerprint density at radius 3 is 2.26 bits per heavy atom. The first-order valence-corrected chi connectivity index (χ1v) is 11.5. The summed E-state index contributed by atoms with van der Waals surface area (Å²) < 4.78 is 5.52. The van der Waals surface area contributed by atoms with Crippen molar-refractivity contribution in [1.29, 1.82) is 0 Å². The molecule has 1 unspecified atom stereocenters. The predicted octanol–water partition coefficient (Wildman–Crippen LogP) is 3.78. The molecule has 1 aliphatic carbocycles. The summed E-state index contributed by atoms with van der Waals surface area (Å²) in [5.74, 6) is -1.67. The first-order valence-electron chi connectivity index (χ1n) is 11.5. The number of aromatic nitrogens is 1. The number of nitrogens with one attached hydrogen (secondary N) is 2. The molecule has 0 saturated carbocycles. The molecule has 35 heavy (non-hydrogen) atoms. The molecule has 0 aliphatic heterocycles. The fourth-order valence-electron chi connectivity index (χ4n) is 4.32. The van der Waals surface area contributed by atoms with Gasteiger partial charge in [0.25, 0.3) is 0 Å². The molecule has 1 aliphatic rings. The van der Waals surface area contributed by atoms with Gasteiger partial charge in [-0.25, -0.2) is 4.79 Å². The minimum absolute atomic E-state index is 0.0629. The van der Waals surface area contributed by atoms with E-state index in [1.807, 2.05) is 67.6 Å². The average Bonchev–Trinajstić information content (AvgIpc) is 3.17. The Morgan fingerprint density at radius 2 is 1.63 bits per heavy atom. The van der Waals surface area contributed by atoms with Gasteiger partial charge in [0.2, 0.25) is 5.91 Å². The molecule has 0 radical (unpaired) electrons. The van der Waals surface area contributed by atoms with E-state index < -0.39 is 24.0 Å².